The average Bonchev–Trinajstić information content (AvgIpc) is 2.58. The van der Waals surface area contributed by atoms with Gasteiger partial charge in [0.15, 0.2) is 0 Å². The topological polar surface area (TPSA) is 58.2 Å². The van der Waals surface area contributed by atoms with Crippen LogP contribution in [0.1, 0.15) is 68.6 Å². The van der Waals surface area contributed by atoms with Crippen molar-refractivity contribution in [3.63, 3.8) is 0 Å². The van der Waals surface area contributed by atoms with Crippen LogP contribution in [-0.4, -0.2) is 24.9 Å². The van der Waals surface area contributed by atoms with E-state index in [1.165, 1.54) is 19.3 Å². The van der Waals surface area contributed by atoms with Crippen LogP contribution in [-0.2, 0) is 4.79 Å². The molecule has 1 rings (SSSR count). The summed E-state index contributed by atoms with van der Waals surface area (Å²) in [6.45, 7) is 3.64. The van der Waals surface area contributed by atoms with Crippen molar-refractivity contribution in [2.24, 2.45) is 0 Å². The van der Waals surface area contributed by atoms with Crippen molar-refractivity contribution in [1.29, 1.82) is 0 Å². The SMILES string of the molecule is CCCCCCNC(=O)CCCCCNC(=O)c1ccccc1. The lowest BCUT2D eigenvalue weighted by molar-refractivity contribution is -0.121. The molecule has 0 aliphatic rings. The van der Waals surface area contributed by atoms with E-state index >= 15 is 0 Å². The fourth-order valence-electron chi connectivity index (χ4n) is 2.35. The fourth-order valence-corrected chi connectivity index (χ4v) is 2.35. The molecule has 1 aromatic carbocycles. The van der Waals surface area contributed by atoms with Gasteiger partial charge in [-0.15, -0.1) is 0 Å². The van der Waals surface area contributed by atoms with Crippen LogP contribution >= 0.6 is 0 Å². The Morgan fingerprint density at radius 2 is 1.48 bits per heavy atom. The normalized spacial score (nSPS) is 10.3. The molecule has 0 fully saturated rings. The second-order valence-electron chi connectivity index (χ2n) is 5.84. The van der Waals surface area contributed by atoms with E-state index in [1.54, 1.807) is 12.1 Å². The van der Waals surface area contributed by atoms with Gasteiger partial charge in [-0.2, -0.15) is 0 Å². The quantitative estimate of drug-likeness (QED) is 0.578. The minimum Gasteiger partial charge on any atom is -0.356 e. The third kappa shape index (κ3) is 9.72. The van der Waals surface area contributed by atoms with Crippen molar-refractivity contribution in [2.75, 3.05) is 13.1 Å². The predicted molar refractivity (Wildman–Crippen MR) is 94.4 cm³/mol. The smallest absolute Gasteiger partial charge is 0.251 e. The molecule has 0 aliphatic carbocycles. The lowest BCUT2D eigenvalue weighted by Crippen LogP contribution is -2.25. The third-order valence-corrected chi connectivity index (χ3v) is 3.75. The predicted octanol–water partition coefficient (Wildman–Crippen LogP) is 3.67. The minimum atomic E-state index is -0.0320. The summed E-state index contributed by atoms with van der Waals surface area (Å²) >= 11 is 0. The highest BCUT2D eigenvalue weighted by atomic mass is 16.2. The molecule has 0 saturated carbocycles. The highest BCUT2D eigenvalue weighted by Gasteiger charge is 2.03. The zero-order valence-electron chi connectivity index (χ0n) is 14.3. The van der Waals surface area contributed by atoms with E-state index < -0.39 is 0 Å². The molecule has 0 heterocycles. The molecule has 2 N–H and O–H groups in total. The van der Waals surface area contributed by atoms with Gasteiger partial charge >= 0.3 is 0 Å². The number of carbonyl (C=O) groups excluding carboxylic acids is 2. The van der Waals surface area contributed by atoms with Crippen LogP contribution in [0, 0.1) is 0 Å². The molecule has 128 valence electrons. The van der Waals surface area contributed by atoms with E-state index in [9.17, 15) is 9.59 Å². The second-order valence-corrected chi connectivity index (χ2v) is 5.84. The van der Waals surface area contributed by atoms with Crippen LogP contribution in [0.2, 0.25) is 0 Å². The zero-order valence-corrected chi connectivity index (χ0v) is 14.3. The molecule has 0 atom stereocenters. The van der Waals surface area contributed by atoms with Gasteiger partial charge in [0, 0.05) is 25.1 Å². The largest absolute Gasteiger partial charge is 0.356 e. The number of hydrogen-bond acceptors (Lipinski definition) is 2. The van der Waals surface area contributed by atoms with Crippen molar-refractivity contribution >= 4 is 11.8 Å². The Labute approximate surface area is 140 Å². The van der Waals surface area contributed by atoms with Crippen molar-refractivity contribution in [3.8, 4) is 0 Å². The van der Waals surface area contributed by atoms with Gasteiger partial charge in [-0.1, -0.05) is 50.8 Å². The summed E-state index contributed by atoms with van der Waals surface area (Å²) in [4.78, 5) is 23.4. The first-order chi connectivity index (χ1) is 11.2. The van der Waals surface area contributed by atoms with Crippen LogP contribution in [0.3, 0.4) is 0 Å². The van der Waals surface area contributed by atoms with Gasteiger partial charge in [-0.3, -0.25) is 9.59 Å². The minimum absolute atomic E-state index is 0.0320. The lowest BCUT2D eigenvalue weighted by atomic mass is 10.1. The Kier molecular flexibility index (Phi) is 10.6. The van der Waals surface area contributed by atoms with Gasteiger partial charge in [0.05, 0.1) is 0 Å². The Hall–Kier alpha value is -1.84. The van der Waals surface area contributed by atoms with Gasteiger partial charge in [0.25, 0.3) is 5.91 Å². The van der Waals surface area contributed by atoms with E-state index in [1.807, 2.05) is 18.2 Å². The van der Waals surface area contributed by atoms with Crippen LogP contribution < -0.4 is 10.6 Å². The summed E-state index contributed by atoms with van der Waals surface area (Å²) in [7, 11) is 0. The highest BCUT2D eigenvalue weighted by Crippen LogP contribution is 2.02. The van der Waals surface area contributed by atoms with Gasteiger partial charge < -0.3 is 10.6 Å². The molecule has 0 radical (unpaired) electrons. The Morgan fingerprint density at radius 1 is 0.826 bits per heavy atom. The number of benzene rings is 1. The third-order valence-electron chi connectivity index (χ3n) is 3.75. The Bertz CT molecular complexity index is 446. The molecular weight excluding hydrogens is 288 g/mol. The van der Waals surface area contributed by atoms with Crippen LogP contribution in [0.4, 0.5) is 0 Å². The Balaban J connectivity index is 1.95. The molecule has 4 nitrogen and oxygen atoms in total. The number of rotatable bonds is 12. The first kappa shape index (κ1) is 19.2. The molecule has 0 bridgehead atoms. The van der Waals surface area contributed by atoms with Crippen LogP contribution in [0.5, 0.6) is 0 Å². The van der Waals surface area contributed by atoms with Crippen LogP contribution in [0.25, 0.3) is 0 Å². The van der Waals surface area contributed by atoms with E-state index in [0.717, 1.165) is 32.2 Å². The maximum atomic E-state index is 11.8. The number of amides is 2. The summed E-state index contributed by atoms with van der Waals surface area (Å²) in [5.74, 6) is 0.116. The van der Waals surface area contributed by atoms with E-state index in [4.69, 9.17) is 0 Å². The van der Waals surface area contributed by atoms with Gasteiger partial charge in [-0.25, -0.2) is 0 Å². The maximum Gasteiger partial charge on any atom is 0.251 e. The molecule has 1 aromatic rings. The van der Waals surface area contributed by atoms with Crippen molar-refractivity contribution in [3.05, 3.63) is 35.9 Å². The Morgan fingerprint density at radius 3 is 2.17 bits per heavy atom. The lowest BCUT2D eigenvalue weighted by Gasteiger charge is -2.06. The van der Waals surface area contributed by atoms with Crippen molar-refractivity contribution < 1.29 is 9.59 Å². The monoisotopic (exact) mass is 318 g/mol. The zero-order chi connectivity index (χ0) is 16.8. The van der Waals surface area contributed by atoms with E-state index in [2.05, 4.69) is 17.6 Å². The molecule has 0 spiro atoms. The van der Waals surface area contributed by atoms with Gasteiger partial charge in [0.1, 0.15) is 0 Å². The fraction of sp³-hybridized carbons (Fsp3) is 0.579. The standard InChI is InChI=1S/C19H30N2O2/c1-2-3-4-10-15-20-18(22)14-9-6-11-16-21-19(23)17-12-7-5-8-13-17/h5,7-8,12-13H,2-4,6,9-11,14-16H2,1H3,(H,20,22)(H,21,23). The van der Waals surface area contributed by atoms with Gasteiger partial charge in [0.2, 0.25) is 5.91 Å². The van der Waals surface area contributed by atoms with E-state index in [-0.39, 0.29) is 11.8 Å². The number of nitrogens with one attached hydrogen (secondary N) is 2. The second kappa shape index (κ2) is 12.7. The van der Waals surface area contributed by atoms with Crippen molar-refractivity contribution in [2.45, 2.75) is 58.3 Å². The molecule has 0 saturated heterocycles. The number of unbranched alkanes of at least 4 members (excludes halogenated alkanes) is 5. The maximum absolute atomic E-state index is 11.8. The molecular formula is C19H30N2O2. The first-order valence-electron chi connectivity index (χ1n) is 8.84. The van der Waals surface area contributed by atoms with Crippen LogP contribution in [0.15, 0.2) is 30.3 Å². The molecule has 4 heteroatoms. The molecule has 0 aliphatic heterocycles. The molecule has 0 aromatic heterocycles. The van der Waals surface area contributed by atoms with E-state index in [0.29, 0.717) is 18.5 Å². The number of hydrogen-bond donors (Lipinski definition) is 2. The van der Waals surface area contributed by atoms with Crippen molar-refractivity contribution in [1.82, 2.24) is 10.6 Å². The summed E-state index contributed by atoms with van der Waals surface area (Å²) in [6, 6.07) is 9.22. The molecule has 23 heavy (non-hydrogen) atoms. The summed E-state index contributed by atoms with van der Waals surface area (Å²) in [5.41, 5.74) is 0.690. The average molecular weight is 318 g/mol. The molecule has 2 amide bonds. The van der Waals surface area contributed by atoms with Gasteiger partial charge in [-0.05, 0) is 31.4 Å². The highest BCUT2D eigenvalue weighted by molar-refractivity contribution is 5.94. The first-order valence-corrected chi connectivity index (χ1v) is 8.84. The molecule has 0 unspecified atom stereocenters. The summed E-state index contributed by atoms with van der Waals surface area (Å²) < 4.78 is 0. The summed E-state index contributed by atoms with van der Waals surface area (Å²) in [5, 5.41) is 5.86. The number of carbonyl (C=O) groups is 2. The summed E-state index contributed by atoms with van der Waals surface area (Å²) in [6.07, 6.45) is 8.05.